The van der Waals surface area contributed by atoms with Crippen molar-refractivity contribution in [2.24, 2.45) is 0 Å². The van der Waals surface area contributed by atoms with E-state index in [2.05, 4.69) is 0 Å². The zero-order valence-electron chi connectivity index (χ0n) is 10.3. The van der Waals surface area contributed by atoms with Crippen molar-refractivity contribution in [1.29, 1.82) is 0 Å². The van der Waals surface area contributed by atoms with Crippen LogP contribution < -0.4 is 9.37 Å². The molecule has 0 heterocycles. The Morgan fingerprint density at radius 1 is 1.00 bits per heavy atom. The van der Waals surface area contributed by atoms with Gasteiger partial charge in [-0.3, -0.25) is 0 Å². The quantitative estimate of drug-likeness (QED) is 0.615. The summed E-state index contributed by atoms with van der Waals surface area (Å²) in [5.74, 6) is 0.338. The first-order valence-electron chi connectivity index (χ1n) is 5.56. The minimum absolute atomic E-state index is 0.261. The van der Waals surface area contributed by atoms with E-state index in [0.29, 0.717) is 16.0 Å². The number of benzene rings is 2. The van der Waals surface area contributed by atoms with Gasteiger partial charge in [0.2, 0.25) is 0 Å². The van der Waals surface area contributed by atoms with Crippen LogP contribution in [-0.2, 0) is 10.1 Å². The minimum atomic E-state index is -3.72. The van der Waals surface area contributed by atoms with Gasteiger partial charge in [0, 0.05) is 10.2 Å². The third-order valence-corrected chi connectivity index (χ3v) is 5.23. The standard InChI is InChI=1S/C13H14O3SSi/c1-10-6-8-11(9-7-10)16-17(14,15)12-4-2-3-5-13(12)18/h2-9H,1,18H3. The van der Waals surface area contributed by atoms with Crippen LogP contribution in [0.25, 0.3) is 0 Å². The van der Waals surface area contributed by atoms with E-state index in [1.165, 1.54) is 0 Å². The van der Waals surface area contributed by atoms with Crippen LogP contribution in [-0.4, -0.2) is 18.7 Å². The number of hydrogen-bond acceptors (Lipinski definition) is 3. The van der Waals surface area contributed by atoms with Crippen molar-refractivity contribution in [3.63, 3.8) is 0 Å². The first-order valence-corrected chi connectivity index (χ1v) is 7.97. The molecule has 18 heavy (non-hydrogen) atoms. The van der Waals surface area contributed by atoms with Crippen molar-refractivity contribution < 1.29 is 12.6 Å². The summed E-state index contributed by atoms with van der Waals surface area (Å²) < 4.78 is 29.3. The lowest BCUT2D eigenvalue weighted by Crippen LogP contribution is -2.19. The molecule has 0 aromatic heterocycles. The molecule has 0 saturated heterocycles. The van der Waals surface area contributed by atoms with Crippen LogP contribution in [0.3, 0.4) is 0 Å². The second-order valence-corrected chi connectivity index (χ2v) is 6.71. The molecule has 0 aliphatic carbocycles. The molecule has 3 nitrogen and oxygen atoms in total. The number of hydrogen-bond donors (Lipinski definition) is 0. The average Bonchev–Trinajstić information content (AvgIpc) is 2.32. The molecule has 0 fully saturated rings. The average molecular weight is 278 g/mol. The Kier molecular flexibility index (Phi) is 3.54. The summed E-state index contributed by atoms with van der Waals surface area (Å²) in [6.07, 6.45) is 0. The third kappa shape index (κ3) is 2.80. The summed E-state index contributed by atoms with van der Waals surface area (Å²) in [5, 5.41) is 0.810. The molecular formula is C13H14O3SSi. The Hall–Kier alpha value is -1.59. The predicted octanol–water partition coefficient (Wildman–Crippen LogP) is 0.753. The Bertz CT molecular complexity index is 648. The second kappa shape index (κ2) is 4.95. The summed E-state index contributed by atoms with van der Waals surface area (Å²) in [4.78, 5) is 0.261. The first kappa shape index (κ1) is 12.9. The van der Waals surface area contributed by atoms with Gasteiger partial charge < -0.3 is 4.18 Å². The molecule has 0 spiro atoms. The van der Waals surface area contributed by atoms with E-state index in [-0.39, 0.29) is 4.90 Å². The molecule has 0 aliphatic rings. The Morgan fingerprint density at radius 2 is 1.61 bits per heavy atom. The molecule has 2 aromatic carbocycles. The van der Waals surface area contributed by atoms with Gasteiger partial charge in [0.25, 0.3) is 0 Å². The molecule has 2 aromatic rings. The normalized spacial score (nSPS) is 11.4. The monoisotopic (exact) mass is 278 g/mol. The zero-order valence-corrected chi connectivity index (χ0v) is 13.1. The zero-order chi connectivity index (χ0) is 13.2. The van der Waals surface area contributed by atoms with Crippen molar-refractivity contribution in [2.75, 3.05) is 0 Å². The van der Waals surface area contributed by atoms with E-state index >= 15 is 0 Å². The van der Waals surface area contributed by atoms with E-state index in [1.54, 1.807) is 30.3 Å². The Morgan fingerprint density at radius 3 is 2.22 bits per heavy atom. The van der Waals surface area contributed by atoms with E-state index in [9.17, 15) is 8.42 Å². The predicted molar refractivity (Wildman–Crippen MR) is 75.0 cm³/mol. The smallest absolute Gasteiger partial charge is 0.339 e. The van der Waals surface area contributed by atoms with Gasteiger partial charge in [0.1, 0.15) is 10.6 Å². The van der Waals surface area contributed by atoms with Crippen molar-refractivity contribution in [1.82, 2.24) is 0 Å². The van der Waals surface area contributed by atoms with Gasteiger partial charge >= 0.3 is 10.1 Å². The second-order valence-electron chi connectivity index (χ2n) is 4.12. The van der Waals surface area contributed by atoms with Crippen molar-refractivity contribution in [2.45, 2.75) is 11.8 Å². The minimum Gasteiger partial charge on any atom is -0.379 e. The van der Waals surface area contributed by atoms with Gasteiger partial charge in [-0.2, -0.15) is 8.42 Å². The van der Waals surface area contributed by atoms with Crippen molar-refractivity contribution >= 4 is 25.5 Å². The van der Waals surface area contributed by atoms with Crippen LogP contribution in [0.2, 0.25) is 0 Å². The third-order valence-electron chi connectivity index (χ3n) is 2.59. The Balaban J connectivity index is 2.33. The van der Waals surface area contributed by atoms with Crippen LogP contribution >= 0.6 is 0 Å². The molecule has 0 unspecified atom stereocenters. The van der Waals surface area contributed by atoms with Gasteiger partial charge in [-0.05, 0) is 30.3 Å². The molecule has 0 aliphatic heterocycles. The molecule has 0 N–H and O–H groups in total. The lowest BCUT2D eigenvalue weighted by atomic mass is 10.2. The molecule has 5 heteroatoms. The van der Waals surface area contributed by atoms with Crippen LogP contribution in [0.15, 0.2) is 53.4 Å². The van der Waals surface area contributed by atoms with E-state index in [0.717, 1.165) is 10.8 Å². The van der Waals surface area contributed by atoms with Gasteiger partial charge in [0.15, 0.2) is 0 Å². The summed E-state index contributed by atoms with van der Waals surface area (Å²) >= 11 is 0. The van der Waals surface area contributed by atoms with E-state index in [4.69, 9.17) is 4.18 Å². The molecular weight excluding hydrogens is 264 g/mol. The number of aryl methyl sites for hydroxylation is 1. The molecule has 94 valence electrons. The SMILES string of the molecule is Cc1ccc(OS(=O)(=O)c2ccccc2[SiH3])cc1. The van der Waals surface area contributed by atoms with Gasteiger partial charge in [-0.1, -0.05) is 35.9 Å². The van der Waals surface area contributed by atoms with E-state index in [1.807, 2.05) is 25.1 Å². The van der Waals surface area contributed by atoms with Crippen LogP contribution in [0, 0.1) is 6.92 Å². The maximum Gasteiger partial charge on any atom is 0.339 e. The Labute approximate surface area is 110 Å². The molecule has 0 bridgehead atoms. The van der Waals surface area contributed by atoms with Gasteiger partial charge in [0.05, 0.1) is 0 Å². The highest BCUT2D eigenvalue weighted by Crippen LogP contribution is 2.17. The molecule has 0 saturated carbocycles. The van der Waals surface area contributed by atoms with E-state index < -0.39 is 10.1 Å². The molecule has 0 amide bonds. The van der Waals surface area contributed by atoms with Crippen LogP contribution in [0.5, 0.6) is 5.75 Å². The van der Waals surface area contributed by atoms with Crippen LogP contribution in [0.1, 0.15) is 5.56 Å². The largest absolute Gasteiger partial charge is 0.379 e. The topological polar surface area (TPSA) is 43.4 Å². The molecule has 0 radical (unpaired) electrons. The van der Waals surface area contributed by atoms with Crippen molar-refractivity contribution in [3.8, 4) is 5.75 Å². The van der Waals surface area contributed by atoms with Gasteiger partial charge in [-0.15, -0.1) is 0 Å². The summed E-state index contributed by atoms with van der Waals surface area (Å²) in [6, 6.07) is 13.9. The van der Waals surface area contributed by atoms with Crippen molar-refractivity contribution in [3.05, 3.63) is 54.1 Å². The maximum atomic E-state index is 12.1. The van der Waals surface area contributed by atoms with Crippen LogP contribution in [0.4, 0.5) is 0 Å². The lowest BCUT2D eigenvalue weighted by molar-refractivity contribution is 0.486. The fraction of sp³-hybridized carbons (Fsp3) is 0.0769. The number of rotatable bonds is 3. The fourth-order valence-corrected chi connectivity index (χ4v) is 3.87. The summed E-state index contributed by atoms with van der Waals surface area (Å²) in [7, 11) is -3.06. The summed E-state index contributed by atoms with van der Waals surface area (Å²) in [5.41, 5.74) is 1.06. The highest BCUT2D eigenvalue weighted by atomic mass is 32.2. The maximum absolute atomic E-state index is 12.1. The van der Waals surface area contributed by atoms with Gasteiger partial charge in [-0.25, -0.2) is 0 Å². The fourth-order valence-electron chi connectivity index (χ4n) is 1.60. The molecule has 2 rings (SSSR count). The lowest BCUT2D eigenvalue weighted by Gasteiger charge is -2.09. The summed E-state index contributed by atoms with van der Waals surface area (Å²) in [6.45, 7) is 1.94. The highest BCUT2D eigenvalue weighted by molar-refractivity contribution is 7.87. The first-order chi connectivity index (χ1) is 8.49. The highest BCUT2D eigenvalue weighted by Gasteiger charge is 2.18. The molecule has 0 atom stereocenters.